The van der Waals surface area contributed by atoms with Crippen LogP contribution in [0.25, 0.3) is 93.2 Å². The van der Waals surface area contributed by atoms with Crippen molar-refractivity contribution in [1.29, 1.82) is 5.26 Å². The van der Waals surface area contributed by atoms with E-state index in [9.17, 15) is 5.26 Å². The largest absolute Gasteiger partial charge is 0.319 e. The third-order valence-corrected chi connectivity index (χ3v) is 11.8. The summed E-state index contributed by atoms with van der Waals surface area (Å²) >= 11 is 0. The zero-order valence-electron chi connectivity index (χ0n) is 32.8. The monoisotopic (exact) mass is 742 g/mol. The van der Waals surface area contributed by atoms with Crippen LogP contribution in [0.1, 0.15) is 27.8 Å². The van der Waals surface area contributed by atoms with Gasteiger partial charge in [0, 0.05) is 21.5 Å². The molecule has 0 spiro atoms. The van der Waals surface area contributed by atoms with Crippen LogP contribution in [-0.4, -0.2) is 9.13 Å². The van der Waals surface area contributed by atoms with Gasteiger partial charge in [0.15, 0.2) is 0 Å². The molecule has 0 unspecified atom stereocenters. The molecule has 274 valence electrons. The van der Waals surface area contributed by atoms with E-state index in [0.29, 0.717) is 11.3 Å². The molecule has 0 saturated heterocycles. The highest BCUT2D eigenvalue weighted by atomic mass is 15.0. The zero-order chi connectivity index (χ0) is 39.7. The maximum atomic E-state index is 10.5. The second kappa shape index (κ2) is 13.5. The Hall–Kier alpha value is -7.66. The van der Waals surface area contributed by atoms with Crippen molar-refractivity contribution < 1.29 is 0 Å². The van der Waals surface area contributed by atoms with Crippen LogP contribution in [0.3, 0.4) is 0 Å². The number of para-hydroxylation sites is 2. The lowest BCUT2D eigenvalue weighted by Gasteiger charge is -2.15. The van der Waals surface area contributed by atoms with Crippen molar-refractivity contribution in [3.8, 4) is 50.8 Å². The van der Waals surface area contributed by atoms with Crippen molar-refractivity contribution in [3.05, 3.63) is 197 Å². The molecule has 0 bridgehead atoms. The van der Waals surface area contributed by atoms with Gasteiger partial charge in [-0.15, -0.1) is 0 Å². The second-order valence-electron chi connectivity index (χ2n) is 15.5. The molecule has 0 N–H and O–H groups in total. The first-order chi connectivity index (χ1) is 28.3. The first-order valence-electron chi connectivity index (χ1n) is 19.6. The molecule has 0 atom stereocenters. The molecule has 2 aromatic heterocycles. The first-order valence-corrected chi connectivity index (χ1v) is 19.6. The Morgan fingerprint density at radius 1 is 0.448 bits per heavy atom. The van der Waals surface area contributed by atoms with Crippen molar-refractivity contribution in [2.24, 2.45) is 0 Å². The van der Waals surface area contributed by atoms with Gasteiger partial charge in [-0.25, -0.2) is 4.85 Å². The minimum atomic E-state index is 0.570. The molecule has 0 radical (unpaired) electrons. The third-order valence-electron chi connectivity index (χ3n) is 11.8. The van der Waals surface area contributed by atoms with Gasteiger partial charge in [0.05, 0.1) is 45.6 Å². The van der Waals surface area contributed by atoms with E-state index in [0.717, 1.165) is 66.1 Å². The molecule has 4 nitrogen and oxygen atoms in total. The van der Waals surface area contributed by atoms with Gasteiger partial charge in [0.1, 0.15) is 6.07 Å². The molecule has 10 aromatic rings. The summed E-state index contributed by atoms with van der Waals surface area (Å²) in [5.74, 6) is 0. The fourth-order valence-electron chi connectivity index (χ4n) is 9.04. The quantitative estimate of drug-likeness (QED) is 0.162. The van der Waals surface area contributed by atoms with Gasteiger partial charge in [0.2, 0.25) is 5.69 Å². The summed E-state index contributed by atoms with van der Waals surface area (Å²) < 4.78 is 4.46. The minimum absolute atomic E-state index is 0.570. The van der Waals surface area contributed by atoms with Gasteiger partial charge >= 0.3 is 0 Å². The van der Waals surface area contributed by atoms with Crippen molar-refractivity contribution in [2.45, 2.75) is 27.7 Å². The minimum Gasteiger partial charge on any atom is -0.319 e. The summed E-state index contributed by atoms with van der Waals surface area (Å²) in [6.07, 6.45) is 0. The van der Waals surface area contributed by atoms with Gasteiger partial charge in [-0.3, -0.25) is 0 Å². The van der Waals surface area contributed by atoms with E-state index in [1.807, 2.05) is 24.3 Å². The fraction of sp³-hybridized carbons (Fsp3) is 0.0741. The number of aryl methyl sites for hydroxylation is 4. The van der Waals surface area contributed by atoms with E-state index in [-0.39, 0.29) is 0 Å². The number of hydrogen-bond donors (Lipinski definition) is 0. The Balaban J connectivity index is 1.15. The topological polar surface area (TPSA) is 38.0 Å². The van der Waals surface area contributed by atoms with E-state index in [1.165, 1.54) is 44.5 Å². The second-order valence-corrected chi connectivity index (χ2v) is 15.5. The Labute approximate surface area is 337 Å². The predicted octanol–water partition coefficient (Wildman–Crippen LogP) is 14.5. The molecule has 0 amide bonds. The summed E-state index contributed by atoms with van der Waals surface area (Å²) in [5, 5.41) is 15.1. The average Bonchev–Trinajstić information content (AvgIpc) is 3.75. The van der Waals surface area contributed by atoms with E-state index in [1.54, 1.807) is 0 Å². The molecule has 8 aromatic carbocycles. The van der Waals surface area contributed by atoms with Crippen LogP contribution in [0, 0.1) is 45.6 Å². The number of hydrogen-bond acceptors (Lipinski definition) is 1. The van der Waals surface area contributed by atoms with Crippen LogP contribution >= 0.6 is 0 Å². The van der Waals surface area contributed by atoms with Crippen LogP contribution in [0.2, 0.25) is 0 Å². The maximum Gasteiger partial charge on any atom is 0.210 e. The summed E-state index contributed by atoms with van der Waals surface area (Å²) in [7, 11) is 0. The number of aromatic nitrogens is 2. The van der Waals surface area contributed by atoms with E-state index in [4.69, 9.17) is 6.57 Å². The first kappa shape index (κ1) is 34.8. The van der Waals surface area contributed by atoms with Crippen LogP contribution in [0.15, 0.2) is 158 Å². The average molecular weight is 743 g/mol. The van der Waals surface area contributed by atoms with Crippen LogP contribution in [0.5, 0.6) is 0 Å². The number of nitrogens with zero attached hydrogens (tertiary/aromatic N) is 4. The van der Waals surface area contributed by atoms with Gasteiger partial charge in [-0.2, -0.15) is 5.26 Å². The van der Waals surface area contributed by atoms with Gasteiger partial charge in [0.25, 0.3) is 0 Å². The third kappa shape index (κ3) is 5.50. The van der Waals surface area contributed by atoms with Crippen LogP contribution in [-0.2, 0) is 0 Å². The highest BCUT2D eigenvalue weighted by Gasteiger charge is 2.20. The predicted molar refractivity (Wildman–Crippen MR) is 241 cm³/mol. The Bertz CT molecular complexity index is 3190. The molecule has 0 saturated carbocycles. The molecule has 58 heavy (non-hydrogen) atoms. The lowest BCUT2D eigenvalue weighted by atomic mass is 9.97. The molecule has 0 fully saturated rings. The Kier molecular flexibility index (Phi) is 8.11. The van der Waals surface area contributed by atoms with Crippen LogP contribution < -0.4 is 0 Å². The van der Waals surface area contributed by atoms with Crippen molar-refractivity contribution >= 4 is 49.3 Å². The van der Waals surface area contributed by atoms with E-state index < -0.39 is 0 Å². The number of nitriles is 1. The van der Waals surface area contributed by atoms with Gasteiger partial charge < -0.3 is 9.13 Å². The van der Waals surface area contributed by atoms with Crippen LogP contribution in [0.4, 0.5) is 5.69 Å². The maximum absolute atomic E-state index is 10.5. The highest BCUT2D eigenvalue weighted by molar-refractivity contribution is 6.12. The molecular weight excluding hydrogens is 705 g/mol. The fourth-order valence-corrected chi connectivity index (χ4v) is 9.04. The molecule has 4 heteroatoms. The highest BCUT2D eigenvalue weighted by Crippen LogP contribution is 2.41. The standard InChI is InChI=1S/C54H38N4/c1-33-14-21-42(35(3)26-33)39-19-24-51-46(28-39)44-10-6-8-12-49(44)57(51)53-30-37(16-17-41(53)32-55)38-18-23-48(56-5)54(31-38)58-50-13-9-7-11-45(50)47-29-40(20-25-52(47)58)43-22-15-34(2)27-36(43)4/h6-31H,1-4H3. The molecule has 0 aliphatic heterocycles. The summed E-state index contributed by atoms with van der Waals surface area (Å²) in [6, 6.07) is 58.1. The lowest BCUT2D eigenvalue weighted by molar-refractivity contribution is 1.17. The molecule has 0 aliphatic carbocycles. The van der Waals surface area contributed by atoms with Crippen molar-refractivity contribution in [1.82, 2.24) is 9.13 Å². The zero-order valence-corrected chi connectivity index (χ0v) is 32.8. The summed E-state index contributed by atoms with van der Waals surface area (Å²) in [4.78, 5) is 4.03. The van der Waals surface area contributed by atoms with Crippen molar-refractivity contribution in [2.75, 3.05) is 0 Å². The number of benzene rings is 8. The van der Waals surface area contributed by atoms with E-state index in [2.05, 4.69) is 181 Å². The molecule has 2 heterocycles. The molecular formula is C54H38N4. The number of rotatable bonds is 5. The smallest absolute Gasteiger partial charge is 0.210 e. The Morgan fingerprint density at radius 2 is 0.914 bits per heavy atom. The Morgan fingerprint density at radius 3 is 1.43 bits per heavy atom. The molecule has 10 rings (SSSR count). The molecule has 0 aliphatic rings. The lowest BCUT2D eigenvalue weighted by Crippen LogP contribution is -1.99. The summed E-state index contributed by atoms with van der Waals surface area (Å²) in [6.45, 7) is 16.9. The normalized spacial score (nSPS) is 11.4. The van der Waals surface area contributed by atoms with E-state index >= 15 is 0 Å². The number of fused-ring (bicyclic) bond motifs is 6. The SMILES string of the molecule is [C-]#[N+]c1ccc(-c2ccc(C#N)c(-n3c4ccccc4c4cc(-c5ccc(C)cc5C)ccc43)c2)cc1-n1c2ccccc2c2cc(-c3ccc(C)cc3C)ccc21. The van der Waals surface area contributed by atoms with Gasteiger partial charge in [-0.1, -0.05) is 114 Å². The van der Waals surface area contributed by atoms with Gasteiger partial charge in [-0.05, 0) is 127 Å². The van der Waals surface area contributed by atoms with Crippen molar-refractivity contribution in [3.63, 3.8) is 0 Å². The summed E-state index contributed by atoms with van der Waals surface area (Å²) in [5.41, 5.74) is 18.6.